The molecule has 0 N–H and O–H groups in total. The van der Waals surface area contributed by atoms with Gasteiger partial charge >= 0.3 is 0 Å². The van der Waals surface area contributed by atoms with Crippen molar-refractivity contribution in [3.05, 3.63) is 33.9 Å². The van der Waals surface area contributed by atoms with E-state index in [4.69, 9.17) is 31.6 Å². The Labute approximate surface area is 132 Å². The van der Waals surface area contributed by atoms with Crippen LogP contribution in [0.3, 0.4) is 0 Å². The minimum absolute atomic E-state index is 0.245. The van der Waals surface area contributed by atoms with Crippen LogP contribution < -0.4 is 9.47 Å². The molecular formula is C15H11ClN4O2. The molecule has 0 atom stereocenters. The van der Waals surface area contributed by atoms with Gasteiger partial charge in [0.05, 0.1) is 36.1 Å². The van der Waals surface area contributed by atoms with Gasteiger partial charge in [0.2, 0.25) is 12.4 Å². The predicted octanol–water partition coefficient (Wildman–Crippen LogP) is 2.77. The van der Waals surface area contributed by atoms with Crippen LogP contribution in [0.4, 0.5) is 0 Å². The van der Waals surface area contributed by atoms with Crippen LogP contribution in [0.1, 0.15) is 18.1 Å². The lowest BCUT2D eigenvalue weighted by atomic mass is 9.87. The molecule has 0 spiro atoms. The number of halogens is 1. The van der Waals surface area contributed by atoms with E-state index in [-0.39, 0.29) is 10.7 Å². The molecule has 6 nitrogen and oxygen atoms in total. The number of nitriles is 2. The van der Waals surface area contributed by atoms with E-state index in [0.29, 0.717) is 33.9 Å². The highest BCUT2D eigenvalue weighted by Crippen LogP contribution is 2.39. The Hall–Kier alpha value is -2.83. The third-order valence-corrected chi connectivity index (χ3v) is 3.72. The highest BCUT2D eigenvalue weighted by atomic mass is 35.5. The number of fused-ring (bicyclic) bond motifs is 1. The number of rotatable bonds is 2. The normalized spacial score (nSPS) is 17.0. The summed E-state index contributed by atoms with van der Waals surface area (Å²) in [5, 5.41) is 18.1. The van der Waals surface area contributed by atoms with Crippen molar-refractivity contribution in [1.29, 1.82) is 10.5 Å². The lowest BCUT2D eigenvalue weighted by Crippen LogP contribution is -2.22. The molecule has 0 fully saturated rings. The van der Waals surface area contributed by atoms with Crippen molar-refractivity contribution in [1.82, 2.24) is 0 Å². The molecular weight excluding hydrogens is 304 g/mol. The zero-order valence-electron chi connectivity index (χ0n) is 12.1. The van der Waals surface area contributed by atoms with E-state index in [0.717, 1.165) is 0 Å². The van der Waals surface area contributed by atoms with Gasteiger partial charge in [-0.25, -0.2) is 0 Å². The second kappa shape index (κ2) is 6.30. The Kier molecular flexibility index (Phi) is 4.45. The Balaban J connectivity index is 3.00. The number of nitrogens with zero attached hydrogens (tertiary/aromatic N) is 4. The first-order chi connectivity index (χ1) is 10.6. The van der Waals surface area contributed by atoms with Gasteiger partial charge in [-0.3, -0.25) is 0 Å². The Bertz CT molecular complexity index is 743. The van der Waals surface area contributed by atoms with Gasteiger partial charge in [0.25, 0.3) is 0 Å². The van der Waals surface area contributed by atoms with Crippen LogP contribution in [-0.4, -0.2) is 25.6 Å². The zero-order chi connectivity index (χ0) is 16.3. The average molecular weight is 315 g/mol. The summed E-state index contributed by atoms with van der Waals surface area (Å²) >= 11 is 6.31. The third-order valence-electron chi connectivity index (χ3n) is 3.26. The van der Waals surface area contributed by atoms with E-state index in [9.17, 15) is 0 Å². The summed E-state index contributed by atoms with van der Waals surface area (Å²) < 4.78 is 10.7. The summed E-state index contributed by atoms with van der Waals surface area (Å²) in [5.74, 6) is 0.944. The Morgan fingerprint density at radius 3 is 1.86 bits per heavy atom. The lowest BCUT2D eigenvalue weighted by molar-refractivity contribution is 0.401. The fraction of sp³-hybridized carbons (Fsp3) is 0.200. The van der Waals surface area contributed by atoms with Gasteiger partial charge < -0.3 is 9.47 Å². The third kappa shape index (κ3) is 2.30. The standard InChI is InChI=1S/C15H11ClN4O2/c1-8-13(16)15(20-7-18)12-10(22-3)5-4-9(21-2)11(12)14(8)19-6-17/h4-5H,1-3H3. The van der Waals surface area contributed by atoms with Crippen LogP contribution in [0, 0.1) is 22.9 Å². The summed E-state index contributed by atoms with van der Waals surface area (Å²) in [5.41, 5.74) is 2.18. The maximum Gasteiger partial charge on any atom is 0.206 e. The molecule has 110 valence electrons. The molecule has 0 aromatic heterocycles. The highest BCUT2D eigenvalue weighted by Gasteiger charge is 2.32. The fourth-order valence-electron chi connectivity index (χ4n) is 2.30. The molecule has 7 heteroatoms. The molecule has 1 aliphatic carbocycles. The topological polar surface area (TPSA) is 90.8 Å². The number of hydrogen-bond acceptors (Lipinski definition) is 6. The minimum atomic E-state index is 0.245. The van der Waals surface area contributed by atoms with E-state index < -0.39 is 0 Å². The smallest absolute Gasteiger partial charge is 0.206 e. The van der Waals surface area contributed by atoms with E-state index in [1.807, 2.05) is 0 Å². The van der Waals surface area contributed by atoms with E-state index in [1.54, 1.807) is 31.4 Å². The molecule has 1 aromatic rings. The number of benzene rings is 1. The summed E-state index contributed by atoms with van der Waals surface area (Å²) in [7, 11) is 2.99. The molecule has 0 heterocycles. The van der Waals surface area contributed by atoms with Crippen molar-refractivity contribution in [2.45, 2.75) is 6.92 Å². The van der Waals surface area contributed by atoms with Crippen molar-refractivity contribution in [3.63, 3.8) is 0 Å². The van der Waals surface area contributed by atoms with Gasteiger partial charge in [0.1, 0.15) is 17.2 Å². The first-order valence-electron chi connectivity index (χ1n) is 6.17. The van der Waals surface area contributed by atoms with Crippen molar-refractivity contribution < 1.29 is 9.47 Å². The maximum atomic E-state index is 8.95. The van der Waals surface area contributed by atoms with Gasteiger partial charge in [-0.05, 0) is 24.6 Å². The number of allylic oxidation sites excluding steroid dienone is 2. The molecule has 22 heavy (non-hydrogen) atoms. The average Bonchev–Trinajstić information content (AvgIpc) is 2.54. The summed E-state index contributed by atoms with van der Waals surface area (Å²) in [4.78, 5) is 7.64. The molecule has 1 aliphatic rings. The van der Waals surface area contributed by atoms with Crippen LogP contribution in [0.5, 0.6) is 11.5 Å². The molecule has 0 amide bonds. The van der Waals surface area contributed by atoms with Crippen molar-refractivity contribution >= 4 is 23.0 Å². The first-order valence-corrected chi connectivity index (χ1v) is 6.54. The van der Waals surface area contributed by atoms with Crippen molar-refractivity contribution in [2.24, 2.45) is 9.98 Å². The van der Waals surface area contributed by atoms with Gasteiger partial charge in [-0.15, -0.1) is 0 Å². The summed E-state index contributed by atoms with van der Waals surface area (Å²) in [6, 6.07) is 3.38. The Morgan fingerprint density at radius 1 is 0.955 bits per heavy atom. The number of methoxy groups -OCH3 is 2. The first kappa shape index (κ1) is 15.6. The van der Waals surface area contributed by atoms with E-state index in [2.05, 4.69) is 9.98 Å². The number of aliphatic imine (C=N–C) groups is 2. The van der Waals surface area contributed by atoms with E-state index >= 15 is 0 Å². The fourth-order valence-corrected chi connectivity index (χ4v) is 2.52. The van der Waals surface area contributed by atoms with E-state index in [1.165, 1.54) is 14.2 Å². The van der Waals surface area contributed by atoms with Gasteiger partial charge in [0, 0.05) is 0 Å². The zero-order valence-corrected chi connectivity index (χ0v) is 12.9. The van der Waals surface area contributed by atoms with Crippen LogP contribution in [0.15, 0.2) is 32.7 Å². The second-order valence-electron chi connectivity index (χ2n) is 4.28. The van der Waals surface area contributed by atoms with Crippen molar-refractivity contribution in [3.8, 4) is 23.9 Å². The molecule has 0 radical (unpaired) electrons. The monoisotopic (exact) mass is 314 g/mol. The molecule has 0 unspecified atom stereocenters. The molecule has 0 aliphatic heterocycles. The second-order valence-corrected chi connectivity index (χ2v) is 4.66. The van der Waals surface area contributed by atoms with Crippen LogP contribution in [0.2, 0.25) is 0 Å². The summed E-state index contributed by atoms with van der Waals surface area (Å²) in [6.45, 7) is 1.70. The predicted molar refractivity (Wildman–Crippen MR) is 82.4 cm³/mol. The lowest BCUT2D eigenvalue weighted by Gasteiger charge is -2.24. The van der Waals surface area contributed by atoms with Crippen LogP contribution >= 0.6 is 11.6 Å². The van der Waals surface area contributed by atoms with Crippen LogP contribution in [0.25, 0.3) is 0 Å². The van der Waals surface area contributed by atoms with Gasteiger partial charge in [-0.1, -0.05) is 11.6 Å². The van der Waals surface area contributed by atoms with Gasteiger partial charge in [0.15, 0.2) is 0 Å². The van der Waals surface area contributed by atoms with Crippen LogP contribution in [-0.2, 0) is 0 Å². The molecule has 1 aromatic carbocycles. The quantitative estimate of drug-likeness (QED) is 0.785. The molecule has 2 rings (SSSR count). The van der Waals surface area contributed by atoms with Crippen molar-refractivity contribution in [2.75, 3.05) is 14.2 Å². The van der Waals surface area contributed by atoms with Gasteiger partial charge in [-0.2, -0.15) is 20.5 Å². The SMILES string of the molecule is COc1ccc(OC)c2c1C(=NC#N)C(C)=C(Cl)C2=NC#N. The number of ether oxygens (including phenoxy) is 2. The number of hydrogen-bond donors (Lipinski definition) is 0. The minimum Gasteiger partial charge on any atom is -0.496 e. The molecule has 0 saturated carbocycles. The molecule has 0 bridgehead atoms. The Morgan fingerprint density at radius 2 is 1.41 bits per heavy atom. The highest BCUT2D eigenvalue weighted by molar-refractivity contribution is 6.52. The maximum absolute atomic E-state index is 8.95. The largest absolute Gasteiger partial charge is 0.496 e. The summed E-state index contributed by atoms with van der Waals surface area (Å²) in [6.07, 6.45) is 3.49. The molecule has 0 saturated heterocycles.